The van der Waals surface area contributed by atoms with E-state index in [0.29, 0.717) is 0 Å². The molecule has 0 bridgehead atoms. The summed E-state index contributed by atoms with van der Waals surface area (Å²) in [5, 5.41) is 0. The van der Waals surface area contributed by atoms with Crippen molar-refractivity contribution in [2.75, 3.05) is 6.54 Å². The van der Waals surface area contributed by atoms with Crippen LogP contribution in [0.15, 0.2) is 4.47 Å². The molecule has 1 aromatic carbocycles. The molecule has 0 heterocycles. The third kappa shape index (κ3) is 2.22. The molecule has 0 aliphatic rings. The van der Waals surface area contributed by atoms with Gasteiger partial charge in [-0.1, -0.05) is 6.92 Å². The zero-order valence-electron chi connectivity index (χ0n) is 8.46. The van der Waals surface area contributed by atoms with E-state index in [1.54, 1.807) is 0 Å². The molecule has 2 N–H and O–H groups in total. The topological polar surface area (TPSA) is 26.0 Å². The Labute approximate surface area is 98.8 Å². The fraction of sp³-hybridized carbons (Fsp3) is 0.400. The molecule has 0 amide bonds. The number of nitrogens with two attached hydrogens (primary N) is 1. The molecule has 0 spiro atoms. The number of hydrogen-bond acceptors (Lipinski definition) is 1. The van der Waals surface area contributed by atoms with Crippen LogP contribution in [0.4, 0.5) is 17.6 Å². The summed E-state index contributed by atoms with van der Waals surface area (Å²) in [6.07, 6.45) is 0.244. The van der Waals surface area contributed by atoms with Gasteiger partial charge in [0.2, 0.25) is 0 Å². The Hall–Kier alpha value is -0.620. The molecule has 6 heteroatoms. The molecule has 1 atom stereocenters. The van der Waals surface area contributed by atoms with Gasteiger partial charge in [-0.3, -0.25) is 0 Å². The molecule has 0 aromatic heterocycles. The molecule has 0 saturated heterocycles. The molecular weight excluding hydrogens is 290 g/mol. The maximum absolute atomic E-state index is 13.4. The first-order valence-corrected chi connectivity index (χ1v) is 5.42. The van der Waals surface area contributed by atoms with Gasteiger partial charge in [0.25, 0.3) is 0 Å². The molecule has 0 aliphatic carbocycles. The number of hydrogen-bond donors (Lipinski definition) is 1. The van der Waals surface area contributed by atoms with Gasteiger partial charge < -0.3 is 5.73 Å². The van der Waals surface area contributed by atoms with Crippen LogP contribution in [0.25, 0.3) is 0 Å². The Bertz CT molecular complexity index is 379. The van der Waals surface area contributed by atoms with Crippen molar-refractivity contribution in [2.45, 2.75) is 19.3 Å². The van der Waals surface area contributed by atoms with Crippen molar-refractivity contribution in [3.8, 4) is 0 Å². The van der Waals surface area contributed by atoms with E-state index in [1.807, 2.05) is 0 Å². The molecular formula is C10H10BrF4N. The van der Waals surface area contributed by atoms with Gasteiger partial charge in [-0.2, -0.15) is 0 Å². The summed E-state index contributed by atoms with van der Waals surface area (Å²) in [7, 11) is 0. The first kappa shape index (κ1) is 13.4. The molecule has 1 unspecified atom stereocenters. The summed E-state index contributed by atoms with van der Waals surface area (Å²) in [4.78, 5) is 0. The zero-order chi connectivity index (χ0) is 12.5. The molecule has 16 heavy (non-hydrogen) atoms. The van der Waals surface area contributed by atoms with E-state index in [1.165, 1.54) is 6.92 Å². The monoisotopic (exact) mass is 299 g/mol. The van der Waals surface area contributed by atoms with Gasteiger partial charge in [0, 0.05) is 5.56 Å². The Kier molecular flexibility index (Phi) is 4.32. The third-order valence-corrected chi connectivity index (χ3v) is 3.03. The van der Waals surface area contributed by atoms with Gasteiger partial charge in [0.15, 0.2) is 23.3 Å². The van der Waals surface area contributed by atoms with E-state index in [4.69, 9.17) is 5.73 Å². The summed E-state index contributed by atoms with van der Waals surface area (Å²) >= 11 is 2.45. The SMILES string of the molecule is CC(CCN)c1c(F)c(F)c(Br)c(F)c1F. The Morgan fingerprint density at radius 2 is 1.50 bits per heavy atom. The van der Waals surface area contributed by atoms with E-state index in [2.05, 4.69) is 15.9 Å². The lowest BCUT2D eigenvalue weighted by molar-refractivity contribution is 0.420. The highest BCUT2D eigenvalue weighted by Crippen LogP contribution is 2.33. The van der Waals surface area contributed by atoms with Crippen LogP contribution in [0.3, 0.4) is 0 Å². The predicted molar refractivity (Wildman–Crippen MR) is 56.1 cm³/mol. The van der Waals surface area contributed by atoms with Crippen LogP contribution < -0.4 is 5.73 Å². The van der Waals surface area contributed by atoms with Gasteiger partial charge in [-0.25, -0.2) is 17.6 Å². The summed E-state index contributed by atoms with van der Waals surface area (Å²) in [5.41, 5.74) is 4.64. The predicted octanol–water partition coefficient (Wildman–Crippen LogP) is 3.46. The number of halogens is 5. The lowest BCUT2D eigenvalue weighted by Gasteiger charge is -2.14. The van der Waals surface area contributed by atoms with Crippen molar-refractivity contribution in [1.29, 1.82) is 0 Å². The van der Waals surface area contributed by atoms with Crippen molar-refractivity contribution in [1.82, 2.24) is 0 Å². The fourth-order valence-electron chi connectivity index (χ4n) is 1.45. The second kappa shape index (κ2) is 5.14. The summed E-state index contributed by atoms with van der Waals surface area (Å²) in [6.45, 7) is 1.64. The molecule has 0 fully saturated rings. The van der Waals surface area contributed by atoms with Crippen LogP contribution in [-0.4, -0.2) is 6.54 Å². The first-order chi connectivity index (χ1) is 7.41. The quantitative estimate of drug-likeness (QED) is 0.516. The Morgan fingerprint density at radius 3 is 1.88 bits per heavy atom. The minimum absolute atomic E-state index is 0.180. The minimum Gasteiger partial charge on any atom is -0.330 e. The highest BCUT2D eigenvalue weighted by atomic mass is 79.9. The fourth-order valence-corrected chi connectivity index (χ4v) is 1.80. The zero-order valence-corrected chi connectivity index (χ0v) is 10.0. The maximum Gasteiger partial charge on any atom is 0.176 e. The van der Waals surface area contributed by atoms with Crippen molar-refractivity contribution in [2.24, 2.45) is 5.73 Å². The average Bonchev–Trinajstić information content (AvgIpc) is 2.24. The second-order valence-corrected chi connectivity index (χ2v) is 4.25. The number of benzene rings is 1. The van der Waals surface area contributed by atoms with Crippen molar-refractivity contribution in [3.63, 3.8) is 0 Å². The molecule has 0 saturated carbocycles. The van der Waals surface area contributed by atoms with E-state index in [0.717, 1.165) is 0 Å². The second-order valence-electron chi connectivity index (χ2n) is 3.46. The van der Waals surface area contributed by atoms with Gasteiger partial charge in [0.1, 0.15) is 0 Å². The first-order valence-electron chi connectivity index (χ1n) is 4.63. The molecule has 0 radical (unpaired) electrons. The molecule has 90 valence electrons. The van der Waals surface area contributed by atoms with E-state index in [9.17, 15) is 17.6 Å². The number of rotatable bonds is 3. The largest absolute Gasteiger partial charge is 0.330 e. The van der Waals surface area contributed by atoms with E-state index in [-0.39, 0.29) is 13.0 Å². The van der Waals surface area contributed by atoms with Crippen LogP contribution >= 0.6 is 15.9 Å². The highest BCUT2D eigenvalue weighted by Gasteiger charge is 2.26. The smallest absolute Gasteiger partial charge is 0.176 e. The molecule has 0 aliphatic heterocycles. The van der Waals surface area contributed by atoms with Crippen LogP contribution in [0, 0.1) is 23.3 Å². The minimum atomic E-state index is -1.42. The lowest BCUT2D eigenvalue weighted by atomic mass is 9.96. The van der Waals surface area contributed by atoms with E-state index < -0.39 is 39.2 Å². The van der Waals surface area contributed by atoms with Crippen LogP contribution in [0.1, 0.15) is 24.8 Å². The summed E-state index contributed by atoms with van der Waals surface area (Å²) in [5.74, 6) is -6.25. The molecule has 1 nitrogen and oxygen atoms in total. The molecule has 1 rings (SSSR count). The lowest BCUT2D eigenvalue weighted by Crippen LogP contribution is -2.11. The van der Waals surface area contributed by atoms with Crippen LogP contribution in [0.2, 0.25) is 0 Å². The average molecular weight is 300 g/mol. The highest BCUT2D eigenvalue weighted by molar-refractivity contribution is 9.10. The van der Waals surface area contributed by atoms with Crippen molar-refractivity contribution >= 4 is 15.9 Å². The molecule has 1 aromatic rings. The summed E-state index contributed by atoms with van der Waals surface area (Å²) < 4.78 is 52.4. The van der Waals surface area contributed by atoms with Gasteiger partial charge in [-0.15, -0.1) is 0 Å². The third-order valence-electron chi connectivity index (χ3n) is 2.34. The Balaban J connectivity index is 3.39. The standard InChI is InChI=1S/C10H10BrF4N/c1-4(2-3-16)5-7(12)9(14)6(11)10(15)8(5)13/h4H,2-3,16H2,1H3. The van der Waals surface area contributed by atoms with Gasteiger partial charge in [0.05, 0.1) is 4.47 Å². The van der Waals surface area contributed by atoms with Gasteiger partial charge >= 0.3 is 0 Å². The van der Waals surface area contributed by atoms with Crippen molar-refractivity contribution in [3.05, 3.63) is 33.3 Å². The van der Waals surface area contributed by atoms with Crippen LogP contribution in [-0.2, 0) is 0 Å². The maximum atomic E-state index is 13.4. The normalized spacial score (nSPS) is 12.9. The van der Waals surface area contributed by atoms with E-state index >= 15 is 0 Å². The Morgan fingerprint density at radius 1 is 1.06 bits per heavy atom. The van der Waals surface area contributed by atoms with Crippen molar-refractivity contribution < 1.29 is 17.6 Å². The van der Waals surface area contributed by atoms with Crippen LogP contribution in [0.5, 0.6) is 0 Å². The summed E-state index contributed by atoms with van der Waals surface area (Å²) in [6, 6.07) is 0. The van der Waals surface area contributed by atoms with Gasteiger partial charge in [-0.05, 0) is 34.8 Å².